The highest BCUT2D eigenvalue weighted by Gasteiger charge is 2.34. The van der Waals surface area contributed by atoms with Crippen molar-refractivity contribution in [2.45, 2.75) is 12.8 Å². The fourth-order valence-corrected chi connectivity index (χ4v) is 2.74. The zero-order valence-corrected chi connectivity index (χ0v) is 10.6. The minimum absolute atomic E-state index is 0.150. The van der Waals surface area contributed by atoms with Crippen LogP contribution in [0.15, 0.2) is 12.7 Å². The van der Waals surface area contributed by atoms with E-state index in [1.54, 1.807) is 13.2 Å². The number of methoxy groups -OCH3 is 1. The van der Waals surface area contributed by atoms with Gasteiger partial charge in [0.05, 0.1) is 17.7 Å². The number of hydrogen-bond acceptors (Lipinski definition) is 5. The lowest BCUT2D eigenvalue weighted by Crippen LogP contribution is -2.02. The van der Waals surface area contributed by atoms with Crippen molar-refractivity contribution < 1.29 is 9.53 Å². The molecule has 0 atom stereocenters. The lowest BCUT2D eigenvalue weighted by Gasteiger charge is -2.03. The Kier molecular flexibility index (Phi) is 3.38. The summed E-state index contributed by atoms with van der Waals surface area (Å²) in [6, 6.07) is 0. The molecule has 3 N–H and O–H groups in total. The van der Waals surface area contributed by atoms with E-state index in [-0.39, 0.29) is 11.7 Å². The van der Waals surface area contributed by atoms with Gasteiger partial charge in [0, 0.05) is 12.5 Å². The summed E-state index contributed by atoms with van der Waals surface area (Å²) < 4.78 is 5.24. The maximum absolute atomic E-state index is 12.0. The summed E-state index contributed by atoms with van der Waals surface area (Å²) in [6.07, 6.45) is 3.71. The maximum atomic E-state index is 12.0. The first-order valence-electron chi connectivity index (χ1n) is 5.54. The SMILES string of the molecule is C=CCNc1sc(C(=O)C2CC2)c(N)c1OC. The molecule has 0 radical (unpaired) electrons. The van der Waals surface area contributed by atoms with E-state index < -0.39 is 0 Å². The molecule has 2 rings (SSSR count). The van der Waals surface area contributed by atoms with Gasteiger partial charge in [-0.1, -0.05) is 6.08 Å². The fourth-order valence-electron chi connectivity index (χ4n) is 1.63. The summed E-state index contributed by atoms with van der Waals surface area (Å²) in [5.41, 5.74) is 6.41. The Bertz CT molecular complexity index is 450. The quantitative estimate of drug-likeness (QED) is 0.603. The molecule has 0 aliphatic heterocycles. The first-order valence-corrected chi connectivity index (χ1v) is 6.36. The summed E-state index contributed by atoms with van der Waals surface area (Å²) in [5.74, 6) is 0.895. The number of nitrogen functional groups attached to an aromatic ring is 1. The van der Waals surface area contributed by atoms with Gasteiger partial charge in [0.2, 0.25) is 0 Å². The van der Waals surface area contributed by atoms with E-state index in [9.17, 15) is 4.79 Å². The van der Waals surface area contributed by atoms with Crippen LogP contribution in [0, 0.1) is 5.92 Å². The second-order valence-corrected chi connectivity index (χ2v) is 5.04. The Morgan fingerprint density at radius 2 is 2.41 bits per heavy atom. The molecule has 92 valence electrons. The van der Waals surface area contributed by atoms with Crippen LogP contribution < -0.4 is 15.8 Å². The van der Waals surface area contributed by atoms with Gasteiger partial charge < -0.3 is 15.8 Å². The highest BCUT2D eigenvalue weighted by atomic mass is 32.1. The Hall–Kier alpha value is -1.49. The molecule has 0 aromatic carbocycles. The minimum atomic E-state index is 0.150. The van der Waals surface area contributed by atoms with E-state index in [1.807, 2.05) is 0 Å². The average Bonchev–Trinajstić information content (AvgIpc) is 3.11. The van der Waals surface area contributed by atoms with Gasteiger partial charge in [-0.25, -0.2) is 0 Å². The Labute approximate surface area is 104 Å². The number of Topliss-reactive ketones (excluding diaryl/α,β-unsaturated/α-hetero) is 1. The van der Waals surface area contributed by atoms with E-state index in [1.165, 1.54) is 11.3 Å². The van der Waals surface area contributed by atoms with E-state index in [2.05, 4.69) is 11.9 Å². The van der Waals surface area contributed by atoms with Crippen molar-refractivity contribution in [3.8, 4) is 5.75 Å². The van der Waals surface area contributed by atoms with E-state index in [4.69, 9.17) is 10.5 Å². The number of carbonyl (C=O) groups is 1. The molecular formula is C12H16N2O2S. The van der Waals surface area contributed by atoms with Crippen molar-refractivity contribution >= 4 is 27.8 Å². The number of nitrogens with two attached hydrogens (primary N) is 1. The molecule has 0 unspecified atom stereocenters. The molecule has 1 fully saturated rings. The molecule has 4 nitrogen and oxygen atoms in total. The molecule has 1 heterocycles. The lowest BCUT2D eigenvalue weighted by atomic mass is 10.2. The van der Waals surface area contributed by atoms with E-state index in [0.717, 1.165) is 17.8 Å². The molecule has 5 heteroatoms. The number of ketones is 1. The van der Waals surface area contributed by atoms with Crippen molar-refractivity contribution in [2.24, 2.45) is 5.92 Å². The number of ether oxygens (including phenoxy) is 1. The van der Waals surface area contributed by atoms with Gasteiger partial charge in [-0.15, -0.1) is 17.9 Å². The standard InChI is InChI=1S/C12H16N2O2S/c1-3-6-14-12-10(16-2)8(13)11(17-12)9(15)7-4-5-7/h3,7,14H,1,4-6,13H2,2H3. The highest BCUT2D eigenvalue weighted by molar-refractivity contribution is 7.19. The normalized spacial score (nSPS) is 14.4. The third-order valence-corrected chi connectivity index (χ3v) is 3.84. The van der Waals surface area contributed by atoms with E-state index >= 15 is 0 Å². The van der Waals surface area contributed by atoms with Crippen LogP contribution in [-0.4, -0.2) is 19.4 Å². The molecule has 1 aliphatic rings. The zero-order valence-electron chi connectivity index (χ0n) is 9.79. The number of anilines is 2. The van der Waals surface area contributed by atoms with Gasteiger partial charge in [0.15, 0.2) is 11.5 Å². The Balaban J connectivity index is 2.29. The molecule has 1 aliphatic carbocycles. The van der Waals surface area contributed by atoms with E-state index in [0.29, 0.717) is 22.9 Å². The molecule has 1 aromatic rings. The predicted octanol–water partition coefficient (Wildman–Crippen LogP) is 2.53. The number of rotatable bonds is 6. The van der Waals surface area contributed by atoms with Gasteiger partial charge in [-0.2, -0.15) is 0 Å². The van der Waals surface area contributed by atoms with Crippen LogP contribution in [0.5, 0.6) is 5.75 Å². The van der Waals surface area contributed by atoms with Crippen LogP contribution in [0.2, 0.25) is 0 Å². The van der Waals surface area contributed by atoms with Crippen LogP contribution in [-0.2, 0) is 0 Å². The van der Waals surface area contributed by atoms with Crippen molar-refractivity contribution in [1.82, 2.24) is 0 Å². The monoisotopic (exact) mass is 252 g/mol. The Morgan fingerprint density at radius 3 is 2.94 bits per heavy atom. The van der Waals surface area contributed by atoms with Crippen LogP contribution in [0.4, 0.5) is 10.7 Å². The first kappa shape index (κ1) is 12.0. The minimum Gasteiger partial charge on any atom is -0.492 e. The summed E-state index contributed by atoms with van der Waals surface area (Å²) in [6.45, 7) is 4.26. The third kappa shape index (κ3) is 2.29. The zero-order chi connectivity index (χ0) is 12.4. The summed E-state index contributed by atoms with van der Waals surface area (Å²) >= 11 is 1.37. The lowest BCUT2D eigenvalue weighted by molar-refractivity contribution is 0.0972. The number of nitrogens with one attached hydrogen (secondary N) is 1. The average molecular weight is 252 g/mol. The fraction of sp³-hybridized carbons (Fsp3) is 0.417. The van der Waals surface area contributed by atoms with Crippen molar-refractivity contribution in [3.63, 3.8) is 0 Å². The number of carbonyl (C=O) groups excluding carboxylic acids is 1. The first-order chi connectivity index (χ1) is 8.19. The van der Waals surface area contributed by atoms with Gasteiger partial charge in [-0.3, -0.25) is 4.79 Å². The van der Waals surface area contributed by atoms with Gasteiger partial charge >= 0.3 is 0 Å². The van der Waals surface area contributed by atoms with Crippen molar-refractivity contribution in [1.29, 1.82) is 0 Å². The van der Waals surface area contributed by atoms with Crippen molar-refractivity contribution in [3.05, 3.63) is 17.5 Å². The summed E-state index contributed by atoms with van der Waals surface area (Å²) in [4.78, 5) is 12.6. The maximum Gasteiger partial charge on any atom is 0.178 e. The topological polar surface area (TPSA) is 64.4 Å². The predicted molar refractivity (Wildman–Crippen MR) is 71.0 cm³/mol. The molecule has 1 saturated carbocycles. The second kappa shape index (κ2) is 4.79. The molecule has 0 amide bonds. The molecule has 1 aromatic heterocycles. The highest BCUT2D eigenvalue weighted by Crippen LogP contribution is 2.45. The largest absolute Gasteiger partial charge is 0.492 e. The third-order valence-electron chi connectivity index (χ3n) is 2.68. The van der Waals surface area contributed by atoms with Gasteiger partial charge in [-0.05, 0) is 12.8 Å². The summed E-state index contributed by atoms with van der Waals surface area (Å²) in [5, 5.41) is 3.93. The van der Waals surface area contributed by atoms with Gasteiger partial charge in [0.25, 0.3) is 0 Å². The van der Waals surface area contributed by atoms with Gasteiger partial charge in [0.1, 0.15) is 5.00 Å². The van der Waals surface area contributed by atoms with Crippen LogP contribution in [0.25, 0.3) is 0 Å². The second-order valence-electron chi connectivity index (χ2n) is 4.02. The number of hydrogen-bond donors (Lipinski definition) is 2. The molecule has 0 bridgehead atoms. The molecule has 17 heavy (non-hydrogen) atoms. The van der Waals surface area contributed by atoms with Crippen LogP contribution in [0.3, 0.4) is 0 Å². The molecule has 0 saturated heterocycles. The Morgan fingerprint density at radius 1 is 1.71 bits per heavy atom. The van der Waals surface area contributed by atoms with Crippen molar-refractivity contribution in [2.75, 3.05) is 24.7 Å². The smallest absolute Gasteiger partial charge is 0.178 e. The summed E-state index contributed by atoms with van der Waals surface area (Å²) in [7, 11) is 1.56. The molecular weight excluding hydrogens is 236 g/mol. The van der Waals surface area contributed by atoms with Crippen LogP contribution in [0.1, 0.15) is 22.5 Å². The number of thiophene rings is 1. The molecule has 0 spiro atoms. The van der Waals surface area contributed by atoms with Crippen LogP contribution >= 0.6 is 11.3 Å².